The van der Waals surface area contributed by atoms with Gasteiger partial charge in [0, 0.05) is 29.9 Å². The van der Waals surface area contributed by atoms with Gasteiger partial charge in [0.2, 0.25) is 0 Å². The molecule has 3 aromatic rings. The Morgan fingerprint density at radius 1 is 0.958 bits per heavy atom. The Labute approximate surface area is 141 Å². The largest absolute Gasteiger partial charge is 0.299 e. The number of fused-ring (bicyclic) bond motifs is 1. The maximum atomic E-state index is 13.9. The van der Waals surface area contributed by atoms with Gasteiger partial charge in [0.05, 0.1) is 11.2 Å². The van der Waals surface area contributed by atoms with Crippen molar-refractivity contribution >= 4 is 10.9 Å². The highest BCUT2D eigenvalue weighted by atomic mass is 19.1. The van der Waals surface area contributed by atoms with Gasteiger partial charge in [0.25, 0.3) is 0 Å². The van der Waals surface area contributed by atoms with Crippen molar-refractivity contribution in [3.05, 3.63) is 60.2 Å². The maximum Gasteiger partial charge on any atom is 0.132 e. The van der Waals surface area contributed by atoms with Crippen molar-refractivity contribution in [2.75, 3.05) is 13.1 Å². The summed E-state index contributed by atoms with van der Waals surface area (Å²) in [6.45, 7) is 3.30. The fraction of sp³-hybridized carbons (Fsp3) is 0.300. The molecule has 24 heavy (non-hydrogen) atoms. The molecule has 0 radical (unpaired) electrons. The zero-order valence-corrected chi connectivity index (χ0v) is 13.6. The van der Waals surface area contributed by atoms with Gasteiger partial charge in [-0.25, -0.2) is 4.39 Å². The molecule has 3 heterocycles. The lowest BCUT2D eigenvalue weighted by Crippen LogP contribution is -2.29. The van der Waals surface area contributed by atoms with E-state index in [2.05, 4.69) is 20.9 Å². The van der Waals surface area contributed by atoms with Crippen LogP contribution in [0.1, 0.15) is 24.8 Å². The van der Waals surface area contributed by atoms with Crippen LogP contribution in [-0.2, 0) is 6.54 Å². The third-order valence-corrected chi connectivity index (χ3v) is 4.67. The van der Waals surface area contributed by atoms with Crippen molar-refractivity contribution in [3.63, 3.8) is 0 Å². The second kappa shape index (κ2) is 6.65. The normalized spacial score (nSPS) is 15.7. The molecule has 0 N–H and O–H groups in total. The number of pyridine rings is 2. The van der Waals surface area contributed by atoms with E-state index in [1.165, 1.54) is 44.0 Å². The summed E-state index contributed by atoms with van der Waals surface area (Å²) < 4.78 is 13.9. The third-order valence-electron chi connectivity index (χ3n) is 4.67. The lowest BCUT2D eigenvalue weighted by Gasteiger charge is -2.26. The number of aromatic nitrogens is 2. The van der Waals surface area contributed by atoms with E-state index in [0.29, 0.717) is 10.9 Å². The van der Waals surface area contributed by atoms with E-state index in [1.54, 1.807) is 24.4 Å². The molecule has 0 saturated carbocycles. The Balaban J connectivity index is 1.62. The summed E-state index contributed by atoms with van der Waals surface area (Å²) in [5.74, 6) is -0.247. The molecular formula is C20H20FN3. The van der Waals surface area contributed by atoms with Crippen LogP contribution in [-0.4, -0.2) is 28.0 Å². The van der Waals surface area contributed by atoms with Crippen LogP contribution in [0.3, 0.4) is 0 Å². The first-order chi connectivity index (χ1) is 11.8. The molecule has 4 rings (SSSR count). The van der Waals surface area contributed by atoms with Crippen molar-refractivity contribution < 1.29 is 4.39 Å². The van der Waals surface area contributed by atoms with Gasteiger partial charge in [0.15, 0.2) is 0 Å². The highest BCUT2D eigenvalue weighted by Crippen LogP contribution is 2.27. The van der Waals surface area contributed by atoms with Crippen LogP contribution < -0.4 is 0 Å². The summed E-state index contributed by atoms with van der Waals surface area (Å²) in [6.07, 6.45) is 7.55. The number of halogens is 1. The minimum Gasteiger partial charge on any atom is -0.299 e. The van der Waals surface area contributed by atoms with Crippen LogP contribution in [0.5, 0.6) is 0 Å². The number of piperidine rings is 1. The smallest absolute Gasteiger partial charge is 0.132 e. The maximum absolute atomic E-state index is 13.9. The lowest BCUT2D eigenvalue weighted by molar-refractivity contribution is 0.220. The van der Waals surface area contributed by atoms with Gasteiger partial charge in [-0.15, -0.1) is 0 Å². The first-order valence-corrected chi connectivity index (χ1v) is 8.52. The molecular weight excluding hydrogens is 301 g/mol. The summed E-state index contributed by atoms with van der Waals surface area (Å²) >= 11 is 0. The first-order valence-electron chi connectivity index (χ1n) is 8.52. The van der Waals surface area contributed by atoms with Gasteiger partial charge in [-0.2, -0.15) is 0 Å². The SMILES string of the molecule is Fc1ccc(-c2ccc(CN3CCCCC3)cn2)c2ncccc12. The van der Waals surface area contributed by atoms with Gasteiger partial charge in [-0.3, -0.25) is 14.9 Å². The van der Waals surface area contributed by atoms with Crippen LogP contribution in [0.15, 0.2) is 48.8 Å². The summed E-state index contributed by atoms with van der Waals surface area (Å²) in [4.78, 5) is 11.4. The lowest BCUT2D eigenvalue weighted by atomic mass is 10.0. The number of likely N-dealkylation sites (tertiary alicyclic amines) is 1. The molecule has 1 saturated heterocycles. The van der Waals surface area contributed by atoms with E-state index >= 15 is 0 Å². The molecule has 0 atom stereocenters. The monoisotopic (exact) mass is 321 g/mol. The number of hydrogen-bond acceptors (Lipinski definition) is 3. The zero-order valence-electron chi connectivity index (χ0n) is 13.6. The predicted molar refractivity (Wildman–Crippen MR) is 94.1 cm³/mol. The van der Waals surface area contributed by atoms with Gasteiger partial charge in [0.1, 0.15) is 5.82 Å². The first kappa shape index (κ1) is 15.2. The molecule has 1 aromatic carbocycles. The second-order valence-electron chi connectivity index (χ2n) is 6.38. The van der Waals surface area contributed by atoms with Crippen LogP contribution in [0.25, 0.3) is 22.2 Å². The number of benzene rings is 1. The van der Waals surface area contributed by atoms with Crippen LogP contribution in [0, 0.1) is 5.82 Å². The minimum atomic E-state index is -0.247. The molecule has 1 fully saturated rings. The second-order valence-corrected chi connectivity index (χ2v) is 6.38. The van der Waals surface area contributed by atoms with Gasteiger partial charge >= 0.3 is 0 Å². The summed E-state index contributed by atoms with van der Waals surface area (Å²) in [5, 5.41) is 0.536. The standard InChI is InChI=1S/C20H20FN3/c21-18-8-7-17(20-16(18)5-4-10-22-20)19-9-6-15(13-23-19)14-24-11-2-1-3-12-24/h4-10,13H,1-3,11-12,14H2. The Bertz CT molecular complexity index is 839. The molecule has 122 valence electrons. The van der Waals surface area contributed by atoms with Gasteiger partial charge in [-0.05, 0) is 61.8 Å². The van der Waals surface area contributed by atoms with E-state index in [9.17, 15) is 4.39 Å². The zero-order chi connectivity index (χ0) is 16.4. The van der Waals surface area contributed by atoms with Crippen molar-refractivity contribution in [1.82, 2.24) is 14.9 Å². The van der Waals surface area contributed by atoms with Crippen molar-refractivity contribution in [3.8, 4) is 11.3 Å². The molecule has 4 heteroatoms. The molecule has 2 aromatic heterocycles. The topological polar surface area (TPSA) is 29.0 Å². The summed E-state index contributed by atoms with van der Waals surface area (Å²) in [6, 6.07) is 10.9. The van der Waals surface area contributed by atoms with Crippen LogP contribution >= 0.6 is 0 Å². The molecule has 0 aliphatic carbocycles. The van der Waals surface area contributed by atoms with E-state index in [4.69, 9.17) is 0 Å². The van der Waals surface area contributed by atoms with E-state index in [0.717, 1.165) is 17.8 Å². The third kappa shape index (κ3) is 3.02. The molecule has 3 nitrogen and oxygen atoms in total. The number of nitrogens with zero attached hydrogens (tertiary/aromatic N) is 3. The van der Waals surface area contributed by atoms with Crippen molar-refractivity contribution in [2.24, 2.45) is 0 Å². The van der Waals surface area contributed by atoms with E-state index in [1.807, 2.05) is 12.3 Å². The Morgan fingerprint density at radius 2 is 1.83 bits per heavy atom. The average molecular weight is 321 g/mol. The molecule has 0 unspecified atom stereocenters. The van der Waals surface area contributed by atoms with Crippen molar-refractivity contribution in [2.45, 2.75) is 25.8 Å². The molecule has 0 bridgehead atoms. The Morgan fingerprint density at radius 3 is 2.62 bits per heavy atom. The summed E-state index contributed by atoms with van der Waals surface area (Å²) in [5.41, 5.74) is 3.59. The Hall–Kier alpha value is -2.33. The molecule has 1 aliphatic rings. The Kier molecular flexibility index (Phi) is 4.22. The number of rotatable bonds is 3. The predicted octanol–water partition coefficient (Wildman–Crippen LogP) is 4.42. The van der Waals surface area contributed by atoms with Crippen LogP contribution in [0.4, 0.5) is 4.39 Å². The number of hydrogen-bond donors (Lipinski definition) is 0. The van der Waals surface area contributed by atoms with E-state index in [-0.39, 0.29) is 5.82 Å². The molecule has 0 spiro atoms. The quantitative estimate of drug-likeness (QED) is 0.715. The molecule has 0 amide bonds. The fourth-order valence-electron chi connectivity index (χ4n) is 3.40. The highest BCUT2D eigenvalue weighted by Gasteiger charge is 2.12. The summed E-state index contributed by atoms with van der Waals surface area (Å²) in [7, 11) is 0. The fourth-order valence-corrected chi connectivity index (χ4v) is 3.40. The van der Waals surface area contributed by atoms with Gasteiger partial charge < -0.3 is 0 Å². The van der Waals surface area contributed by atoms with Crippen molar-refractivity contribution in [1.29, 1.82) is 0 Å². The van der Waals surface area contributed by atoms with E-state index < -0.39 is 0 Å². The van der Waals surface area contributed by atoms with Gasteiger partial charge in [-0.1, -0.05) is 12.5 Å². The highest BCUT2D eigenvalue weighted by molar-refractivity contribution is 5.92. The minimum absolute atomic E-state index is 0.247. The molecule has 1 aliphatic heterocycles. The van der Waals surface area contributed by atoms with Crippen LogP contribution in [0.2, 0.25) is 0 Å². The average Bonchev–Trinajstić information content (AvgIpc) is 2.64.